The topological polar surface area (TPSA) is 26.3 Å². The summed E-state index contributed by atoms with van der Waals surface area (Å²) in [6.07, 6.45) is 5.52. The zero-order chi connectivity index (χ0) is 8.69. The molecule has 0 saturated heterocycles. The van der Waals surface area contributed by atoms with Crippen LogP contribution in [0.25, 0.3) is 0 Å². The Balaban J connectivity index is 3.59. The molecule has 62 valence electrons. The van der Waals surface area contributed by atoms with Crippen molar-refractivity contribution in [3.05, 3.63) is 24.8 Å². The predicted molar refractivity (Wildman–Crippen MR) is 45.2 cm³/mol. The van der Waals surface area contributed by atoms with E-state index in [9.17, 15) is 4.79 Å². The number of allylic oxidation sites excluding steroid dienone is 2. The highest BCUT2D eigenvalue weighted by atomic mass is 16.5. The molecule has 0 aromatic carbocycles. The van der Waals surface area contributed by atoms with E-state index in [2.05, 4.69) is 6.58 Å². The van der Waals surface area contributed by atoms with E-state index in [0.717, 1.165) is 0 Å². The van der Waals surface area contributed by atoms with Gasteiger partial charge in [0.2, 0.25) is 0 Å². The molecule has 0 rings (SSSR count). The standard InChI is InChI=1S/C9H14O2/c1-4-5-6-7-9(10)11-8(2)3/h4,6-8H,1,5H2,2-3H3/b7-6+. The second kappa shape index (κ2) is 5.71. The van der Waals surface area contributed by atoms with E-state index in [-0.39, 0.29) is 12.1 Å². The van der Waals surface area contributed by atoms with Gasteiger partial charge in [-0.25, -0.2) is 4.79 Å². The molecule has 2 nitrogen and oxygen atoms in total. The first-order chi connectivity index (χ1) is 5.16. The number of ether oxygens (including phenoxy) is 1. The molecular weight excluding hydrogens is 140 g/mol. The Labute approximate surface area is 67.6 Å². The van der Waals surface area contributed by atoms with E-state index in [1.165, 1.54) is 6.08 Å². The predicted octanol–water partition coefficient (Wildman–Crippen LogP) is 2.07. The Morgan fingerprint density at radius 1 is 1.64 bits per heavy atom. The van der Waals surface area contributed by atoms with Crippen molar-refractivity contribution in [2.24, 2.45) is 0 Å². The van der Waals surface area contributed by atoms with Crippen LogP contribution in [-0.2, 0) is 9.53 Å². The Bertz CT molecular complexity index is 157. The lowest BCUT2D eigenvalue weighted by molar-refractivity contribution is -0.141. The second-order valence-electron chi connectivity index (χ2n) is 2.41. The van der Waals surface area contributed by atoms with Gasteiger partial charge in [-0.2, -0.15) is 0 Å². The SMILES string of the molecule is C=CC/C=C/C(=O)OC(C)C. The van der Waals surface area contributed by atoms with Gasteiger partial charge < -0.3 is 4.74 Å². The van der Waals surface area contributed by atoms with Crippen molar-refractivity contribution in [2.45, 2.75) is 26.4 Å². The van der Waals surface area contributed by atoms with Gasteiger partial charge in [-0.3, -0.25) is 0 Å². The van der Waals surface area contributed by atoms with Crippen LogP contribution in [0, 0.1) is 0 Å². The molecule has 0 fully saturated rings. The summed E-state index contributed by atoms with van der Waals surface area (Å²) in [6.45, 7) is 7.15. The van der Waals surface area contributed by atoms with Gasteiger partial charge >= 0.3 is 5.97 Å². The molecule has 0 aliphatic carbocycles. The van der Waals surface area contributed by atoms with E-state index < -0.39 is 0 Å². The lowest BCUT2D eigenvalue weighted by Gasteiger charge is -2.03. The molecule has 0 radical (unpaired) electrons. The minimum atomic E-state index is -0.290. The summed E-state index contributed by atoms with van der Waals surface area (Å²) >= 11 is 0. The summed E-state index contributed by atoms with van der Waals surface area (Å²) in [4.78, 5) is 10.8. The average molecular weight is 154 g/mol. The van der Waals surface area contributed by atoms with Crippen LogP contribution in [0.2, 0.25) is 0 Å². The molecule has 2 heteroatoms. The minimum Gasteiger partial charge on any atom is -0.460 e. The fourth-order valence-electron chi connectivity index (χ4n) is 0.532. The first-order valence-corrected chi connectivity index (χ1v) is 3.65. The molecule has 0 atom stereocenters. The van der Waals surface area contributed by atoms with E-state index in [0.29, 0.717) is 6.42 Å². The Hall–Kier alpha value is -1.05. The minimum absolute atomic E-state index is 0.0455. The normalized spacial score (nSPS) is 10.5. The van der Waals surface area contributed by atoms with Crippen LogP contribution in [0.3, 0.4) is 0 Å². The van der Waals surface area contributed by atoms with E-state index in [4.69, 9.17) is 4.74 Å². The number of hydrogen-bond acceptors (Lipinski definition) is 2. The molecule has 0 aliphatic rings. The van der Waals surface area contributed by atoms with Crippen LogP contribution in [0.1, 0.15) is 20.3 Å². The largest absolute Gasteiger partial charge is 0.460 e. The van der Waals surface area contributed by atoms with Gasteiger partial charge in [0.25, 0.3) is 0 Å². The smallest absolute Gasteiger partial charge is 0.330 e. The zero-order valence-electron chi connectivity index (χ0n) is 7.04. The summed E-state index contributed by atoms with van der Waals surface area (Å²) in [5.74, 6) is -0.290. The lowest BCUT2D eigenvalue weighted by Crippen LogP contribution is -2.08. The summed E-state index contributed by atoms with van der Waals surface area (Å²) in [7, 11) is 0. The lowest BCUT2D eigenvalue weighted by atomic mass is 10.4. The summed E-state index contributed by atoms with van der Waals surface area (Å²) < 4.78 is 4.84. The van der Waals surface area contributed by atoms with E-state index in [1.807, 2.05) is 13.8 Å². The fraction of sp³-hybridized carbons (Fsp3) is 0.444. The van der Waals surface area contributed by atoms with Crippen molar-refractivity contribution >= 4 is 5.97 Å². The molecule has 0 aromatic heterocycles. The number of rotatable bonds is 4. The van der Waals surface area contributed by atoms with Crippen LogP contribution in [0.4, 0.5) is 0 Å². The maximum atomic E-state index is 10.8. The summed E-state index contributed by atoms with van der Waals surface area (Å²) in [5, 5.41) is 0. The maximum absolute atomic E-state index is 10.8. The van der Waals surface area contributed by atoms with Gasteiger partial charge in [0.1, 0.15) is 0 Å². The van der Waals surface area contributed by atoms with Crippen molar-refractivity contribution in [3.63, 3.8) is 0 Å². The first-order valence-electron chi connectivity index (χ1n) is 3.65. The Kier molecular flexibility index (Phi) is 5.17. The molecule has 0 spiro atoms. The Morgan fingerprint density at radius 2 is 2.27 bits per heavy atom. The van der Waals surface area contributed by atoms with Gasteiger partial charge in [-0.1, -0.05) is 12.2 Å². The van der Waals surface area contributed by atoms with Crippen molar-refractivity contribution in [1.82, 2.24) is 0 Å². The van der Waals surface area contributed by atoms with E-state index >= 15 is 0 Å². The monoisotopic (exact) mass is 154 g/mol. The second-order valence-corrected chi connectivity index (χ2v) is 2.41. The van der Waals surface area contributed by atoms with Gasteiger partial charge in [0, 0.05) is 6.08 Å². The molecule has 0 saturated carbocycles. The van der Waals surface area contributed by atoms with Crippen LogP contribution in [0.15, 0.2) is 24.8 Å². The molecule has 0 amide bonds. The number of hydrogen-bond donors (Lipinski definition) is 0. The van der Waals surface area contributed by atoms with E-state index in [1.54, 1.807) is 12.2 Å². The van der Waals surface area contributed by atoms with Crippen LogP contribution in [-0.4, -0.2) is 12.1 Å². The van der Waals surface area contributed by atoms with Gasteiger partial charge in [-0.15, -0.1) is 6.58 Å². The third kappa shape index (κ3) is 6.84. The first kappa shape index (κ1) is 9.95. The molecule has 11 heavy (non-hydrogen) atoms. The van der Waals surface area contributed by atoms with Crippen LogP contribution in [0.5, 0.6) is 0 Å². The number of esters is 1. The van der Waals surface area contributed by atoms with Crippen LogP contribution < -0.4 is 0 Å². The number of carbonyl (C=O) groups is 1. The van der Waals surface area contributed by atoms with Crippen LogP contribution >= 0.6 is 0 Å². The van der Waals surface area contributed by atoms with Crippen molar-refractivity contribution in [1.29, 1.82) is 0 Å². The molecule has 0 unspecified atom stereocenters. The quantitative estimate of drug-likeness (QED) is 0.352. The van der Waals surface area contributed by atoms with Crippen molar-refractivity contribution < 1.29 is 9.53 Å². The maximum Gasteiger partial charge on any atom is 0.330 e. The summed E-state index contributed by atoms with van der Waals surface area (Å²) in [5.41, 5.74) is 0. The zero-order valence-corrected chi connectivity index (χ0v) is 7.04. The highest BCUT2D eigenvalue weighted by Crippen LogP contribution is 1.91. The van der Waals surface area contributed by atoms with Crippen molar-refractivity contribution in [2.75, 3.05) is 0 Å². The van der Waals surface area contributed by atoms with Gasteiger partial charge in [0.15, 0.2) is 0 Å². The molecular formula is C9H14O2. The molecule has 0 N–H and O–H groups in total. The third-order valence-electron chi connectivity index (χ3n) is 0.909. The van der Waals surface area contributed by atoms with Gasteiger partial charge in [-0.05, 0) is 20.3 Å². The average Bonchev–Trinajstić information content (AvgIpc) is 1.86. The molecule has 0 aliphatic heterocycles. The molecule has 0 bridgehead atoms. The fourth-order valence-corrected chi connectivity index (χ4v) is 0.532. The highest BCUT2D eigenvalue weighted by molar-refractivity contribution is 5.81. The molecule has 0 aromatic rings. The highest BCUT2D eigenvalue weighted by Gasteiger charge is 1.97. The molecule has 0 heterocycles. The van der Waals surface area contributed by atoms with Crippen molar-refractivity contribution in [3.8, 4) is 0 Å². The summed E-state index contributed by atoms with van der Waals surface area (Å²) in [6, 6.07) is 0. The van der Waals surface area contributed by atoms with Gasteiger partial charge in [0.05, 0.1) is 6.10 Å². The number of carbonyl (C=O) groups excluding carboxylic acids is 1. The third-order valence-corrected chi connectivity index (χ3v) is 0.909. The Morgan fingerprint density at radius 3 is 2.73 bits per heavy atom.